The topological polar surface area (TPSA) is 196 Å². The fraction of sp³-hybridized carbons (Fsp3) is 0.625. The molecule has 11 nitrogen and oxygen atoms in total. The van der Waals surface area contributed by atoms with Crippen molar-refractivity contribution in [2.45, 2.75) is 120 Å². The van der Waals surface area contributed by atoms with Crippen LogP contribution in [-0.2, 0) is 6.42 Å². The molecule has 3 heterocycles. The smallest absolute Gasteiger partial charge is 0.161 e. The second-order valence-corrected chi connectivity index (χ2v) is 20.5. The third kappa shape index (κ3) is 11.8. The first kappa shape index (κ1) is 45.9. The average molecular weight is 877 g/mol. The molecular weight excluding hydrogens is 809 g/mol. The van der Waals surface area contributed by atoms with Crippen molar-refractivity contribution in [3.63, 3.8) is 0 Å². The molecule has 3 aliphatic carbocycles. The lowest BCUT2D eigenvalue weighted by molar-refractivity contribution is -0.0214. The van der Waals surface area contributed by atoms with E-state index in [1.165, 1.54) is 12.8 Å². The van der Waals surface area contributed by atoms with E-state index in [9.17, 15) is 30.6 Å². The minimum absolute atomic E-state index is 0.0688. The highest BCUT2D eigenvalue weighted by Gasteiger charge is 2.39. The summed E-state index contributed by atoms with van der Waals surface area (Å²) >= 11 is 0. The third-order valence-electron chi connectivity index (χ3n) is 14.0. The molecule has 7 rings (SSSR count). The number of phenolic OH excluding ortho intramolecular Hbond substituents is 1. The maximum atomic E-state index is 12.0. The van der Waals surface area contributed by atoms with Gasteiger partial charge >= 0.3 is 0 Å². The second kappa shape index (κ2) is 22.0. The van der Waals surface area contributed by atoms with Crippen LogP contribution in [0.15, 0.2) is 71.7 Å². The number of nitrogens with two attached hydrogens (primary N) is 1. The van der Waals surface area contributed by atoms with E-state index in [4.69, 9.17) is 10.5 Å². The number of hydrogen-bond acceptors (Lipinski definition) is 12. The summed E-state index contributed by atoms with van der Waals surface area (Å²) in [7, 11) is 3.24. The maximum Gasteiger partial charge on any atom is 0.161 e. The largest absolute Gasteiger partial charge is 0.504 e. The molecule has 5 aliphatic rings. The predicted octanol–water partition coefficient (Wildman–Crippen LogP) is 5.50. The van der Waals surface area contributed by atoms with Gasteiger partial charge in [0.1, 0.15) is 11.9 Å². The van der Waals surface area contributed by atoms with E-state index in [0.29, 0.717) is 62.0 Å². The number of dihydropyridines is 1. The molecule has 2 fully saturated rings. The summed E-state index contributed by atoms with van der Waals surface area (Å²) < 4.78 is 6.72. The molecule has 1 saturated heterocycles. The van der Waals surface area contributed by atoms with E-state index in [-0.39, 0.29) is 53.9 Å². The monoisotopic (exact) mass is 876 g/mol. The van der Waals surface area contributed by atoms with Crippen LogP contribution in [0.5, 0.6) is 11.5 Å². The number of H-pyrrole nitrogens is 1. The number of aliphatic hydroxyl groups is 5. The first-order valence-electron chi connectivity index (χ1n) is 22.7. The molecule has 2 aromatic rings. The number of aromatic nitrogens is 1. The Bertz CT molecular complexity index is 1870. The number of aromatic hydroxyl groups is 1. The van der Waals surface area contributed by atoms with Crippen LogP contribution < -0.4 is 21.1 Å². The summed E-state index contributed by atoms with van der Waals surface area (Å²) in [6, 6.07) is 9.37. The summed E-state index contributed by atoms with van der Waals surface area (Å²) in [4.78, 5) is 3.34. The molecular formula is C48H68N4O7S2. The first-order chi connectivity index (χ1) is 29.6. The lowest BCUT2D eigenvalue weighted by Crippen LogP contribution is -2.42. The fourth-order valence-electron chi connectivity index (χ4n) is 10.2. The number of hydrogen-bond donors (Lipinski definition) is 10. The van der Waals surface area contributed by atoms with Gasteiger partial charge < -0.3 is 56.7 Å². The molecule has 11 N–H and O–H groups in total. The van der Waals surface area contributed by atoms with E-state index >= 15 is 0 Å². The van der Waals surface area contributed by atoms with Crippen molar-refractivity contribution in [3.8, 4) is 23.3 Å². The number of allylic oxidation sites excluding steroid dienone is 3. The van der Waals surface area contributed by atoms with Crippen LogP contribution in [0.1, 0.15) is 88.3 Å². The fourth-order valence-corrected chi connectivity index (χ4v) is 12.7. The number of rotatable bonds is 11. The van der Waals surface area contributed by atoms with Gasteiger partial charge in [-0.2, -0.15) is 0 Å². The Kier molecular flexibility index (Phi) is 16.6. The lowest BCUT2D eigenvalue weighted by atomic mass is 9.78. The van der Waals surface area contributed by atoms with Crippen LogP contribution in [0, 0.1) is 47.3 Å². The summed E-state index contributed by atoms with van der Waals surface area (Å²) in [5.74, 6) is 7.82. The Balaban J connectivity index is 1.12. The molecule has 0 bridgehead atoms. The molecule has 1 aromatic heterocycles. The van der Waals surface area contributed by atoms with Crippen molar-refractivity contribution in [2.24, 2.45) is 41.2 Å². The highest BCUT2D eigenvalue weighted by molar-refractivity contribution is 8.76. The van der Waals surface area contributed by atoms with Crippen molar-refractivity contribution >= 4 is 21.6 Å². The van der Waals surface area contributed by atoms with Crippen LogP contribution >= 0.6 is 21.6 Å². The lowest BCUT2D eigenvalue weighted by Gasteiger charge is -2.34. The molecule has 1 saturated carbocycles. The number of aromatic amines is 1. The van der Waals surface area contributed by atoms with Crippen molar-refractivity contribution in [2.75, 3.05) is 31.2 Å². The second-order valence-electron chi connectivity index (χ2n) is 18.0. The quantitative estimate of drug-likeness (QED) is 0.0775. The Morgan fingerprint density at radius 2 is 1.84 bits per heavy atom. The summed E-state index contributed by atoms with van der Waals surface area (Å²) in [5.41, 5.74) is 10.6. The van der Waals surface area contributed by atoms with E-state index < -0.39 is 36.3 Å². The average Bonchev–Trinajstić information content (AvgIpc) is 3.97. The zero-order chi connectivity index (χ0) is 42.9. The van der Waals surface area contributed by atoms with Gasteiger partial charge in [0.05, 0.1) is 24.4 Å². The molecule has 1 aromatic carbocycles. The maximum absolute atomic E-state index is 12.0. The van der Waals surface area contributed by atoms with Gasteiger partial charge in [-0.1, -0.05) is 77.5 Å². The van der Waals surface area contributed by atoms with E-state index in [0.717, 1.165) is 54.5 Å². The van der Waals surface area contributed by atoms with E-state index in [1.54, 1.807) is 33.7 Å². The zero-order valence-corrected chi connectivity index (χ0v) is 37.1. The molecule has 0 amide bonds. The normalized spacial score (nSPS) is 33.4. The van der Waals surface area contributed by atoms with E-state index in [1.807, 2.05) is 30.5 Å². The Hall–Kier alpha value is -3.06. The first-order valence-corrected chi connectivity index (χ1v) is 25.2. The molecule has 334 valence electrons. The third-order valence-corrected chi connectivity index (χ3v) is 16.4. The van der Waals surface area contributed by atoms with Crippen molar-refractivity contribution in [1.82, 2.24) is 15.6 Å². The van der Waals surface area contributed by atoms with Gasteiger partial charge in [0.15, 0.2) is 11.5 Å². The predicted molar refractivity (Wildman–Crippen MR) is 245 cm³/mol. The number of ether oxygens (including phenoxy) is 1. The summed E-state index contributed by atoms with van der Waals surface area (Å²) in [5, 5.41) is 75.3. The minimum atomic E-state index is -1.04. The van der Waals surface area contributed by atoms with E-state index in [2.05, 4.69) is 46.5 Å². The highest BCUT2D eigenvalue weighted by atomic mass is 33.1. The SMILES string of the molecule is CC[C@H]1C#C[C@H]2C=C[C@H](c3ccc(O)c(O[C@@H]4C[C@H](Cc5ccc[nH]5)C5=CCNC(N)=C5CSSC[C@H](CO)[C@H]4O)c3)C[C@@H](O)[C@H]2[C@@H](O)CC[C@@H](NC[C@H](O)C2CCCC2)C1. The van der Waals surface area contributed by atoms with Crippen molar-refractivity contribution < 1.29 is 35.4 Å². The zero-order valence-electron chi connectivity index (χ0n) is 35.5. The van der Waals surface area contributed by atoms with Crippen LogP contribution in [-0.4, -0.2) is 103 Å². The Labute approximate surface area is 369 Å². The number of aliphatic hydroxyl groups excluding tert-OH is 5. The van der Waals surface area contributed by atoms with Crippen molar-refractivity contribution in [3.05, 3.63) is 83.0 Å². The van der Waals surface area contributed by atoms with Crippen LogP contribution in [0.2, 0.25) is 0 Å². The Morgan fingerprint density at radius 1 is 1.00 bits per heavy atom. The van der Waals surface area contributed by atoms with Gasteiger partial charge in [-0.15, -0.1) is 0 Å². The molecule has 61 heavy (non-hydrogen) atoms. The standard InChI is InChI=1S/C48H68N4O7S2/c1-2-29-9-10-31-11-12-32(22-42(56)46(31)41(55)16-14-37(20-29)52-25-43(57)30-6-3-4-7-30)33-13-15-40(54)44(23-33)59-45-24-34(21-36-8-5-18-50-36)38-17-19-51-48(49)39(38)28-61-60-27-35(26-53)47(45)58/h5,8,11-13,15,17-18,23,29-32,34-35,37,41-43,45-47,50-58H,2-4,6-7,14,16,19-22,24-28,49H2,1H3/t29-,31-,32-,34-,35-,37+,41-,42+,43-,45+,46+,47+/m0/s1. The van der Waals surface area contributed by atoms with Crippen LogP contribution in [0.4, 0.5) is 0 Å². The van der Waals surface area contributed by atoms with Crippen LogP contribution in [0.25, 0.3) is 0 Å². The van der Waals surface area contributed by atoms with Gasteiger partial charge in [-0.3, -0.25) is 0 Å². The summed E-state index contributed by atoms with van der Waals surface area (Å²) in [6.45, 7) is 3.06. The molecule has 0 unspecified atom stereocenters. The number of nitrogens with one attached hydrogen (secondary N) is 3. The Morgan fingerprint density at radius 3 is 2.61 bits per heavy atom. The van der Waals surface area contributed by atoms with Gasteiger partial charge in [0.25, 0.3) is 0 Å². The molecule has 13 heteroatoms. The van der Waals surface area contributed by atoms with Gasteiger partial charge in [0, 0.05) is 84.3 Å². The number of phenols is 1. The number of fused-ring (bicyclic) bond motifs is 2. The van der Waals surface area contributed by atoms with Gasteiger partial charge in [0.2, 0.25) is 0 Å². The molecule has 0 radical (unpaired) electrons. The molecule has 12 atom stereocenters. The number of benzene rings is 1. The van der Waals surface area contributed by atoms with Crippen molar-refractivity contribution in [1.29, 1.82) is 0 Å². The van der Waals surface area contributed by atoms with Gasteiger partial charge in [-0.05, 0) is 105 Å². The molecule has 2 aliphatic heterocycles. The molecule has 0 spiro atoms. The highest BCUT2D eigenvalue weighted by Crippen LogP contribution is 2.42. The van der Waals surface area contributed by atoms with Gasteiger partial charge in [-0.25, -0.2) is 0 Å². The summed E-state index contributed by atoms with van der Waals surface area (Å²) in [6.07, 6.45) is 13.3. The van der Waals surface area contributed by atoms with Crippen LogP contribution in [0.3, 0.4) is 0 Å². The minimum Gasteiger partial charge on any atom is -0.504 e.